The van der Waals surface area contributed by atoms with E-state index in [1.165, 1.54) is 6.07 Å². The minimum atomic E-state index is -3.76. The second-order valence-corrected chi connectivity index (χ2v) is 7.12. The number of nitrogen functional groups attached to an aromatic ring is 1. The Morgan fingerprint density at radius 2 is 1.81 bits per heavy atom. The van der Waals surface area contributed by atoms with E-state index in [9.17, 15) is 12.8 Å². The Labute approximate surface area is 131 Å². The van der Waals surface area contributed by atoms with Crippen LogP contribution in [0.15, 0.2) is 51.8 Å². The zero-order chi connectivity index (χ0) is 15.6. The smallest absolute Gasteiger partial charge is 0.242 e. The number of rotatable bonds is 4. The van der Waals surface area contributed by atoms with Crippen molar-refractivity contribution in [2.45, 2.75) is 17.9 Å². The summed E-state index contributed by atoms with van der Waals surface area (Å²) >= 11 is 3.06. The second kappa shape index (κ2) is 6.13. The maximum atomic E-state index is 13.0. The van der Waals surface area contributed by atoms with Crippen LogP contribution < -0.4 is 10.5 Å². The summed E-state index contributed by atoms with van der Waals surface area (Å²) in [6.07, 6.45) is 0. The normalized spacial score (nSPS) is 13.1. The number of sulfonamides is 1. The molecule has 1 unspecified atom stereocenters. The van der Waals surface area contributed by atoms with Gasteiger partial charge in [0.25, 0.3) is 0 Å². The van der Waals surface area contributed by atoms with E-state index in [0.29, 0.717) is 5.69 Å². The molecule has 0 aromatic heterocycles. The lowest BCUT2D eigenvalue weighted by Gasteiger charge is -2.15. The van der Waals surface area contributed by atoms with Gasteiger partial charge in [0.05, 0.1) is 4.90 Å². The summed E-state index contributed by atoms with van der Waals surface area (Å²) in [5.74, 6) is -0.507. The average Bonchev–Trinajstić information content (AvgIpc) is 2.38. The third-order valence-corrected chi connectivity index (χ3v) is 5.47. The van der Waals surface area contributed by atoms with Gasteiger partial charge in [-0.2, -0.15) is 0 Å². The van der Waals surface area contributed by atoms with Crippen molar-refractivity contribution in [3.05, 3.63) is 58.3 Å². The molecule has 0 aliphatic heterocycles. The lowest BCUT2D eigenvalue weighted by molar-refractivity contribution is 0.565. The first kappa shape index (κ1) is 15.9. The van der Waals surface area contributed by atoms with Crippen LogP contribution in [0.2, 0.25) is 0 Å². The molecule has 2 rings (SSSR count). The predicted octanol–water partition coefficient (Wildman–Crippen LogP) is 3.21. The molecular weight excluding hydrogens is 359 g/mol. The van der Waals surface area contributed by atoms with E-state index in [4.69, 9.17) is 5.73 Å². The summed E-state index contributed by atoms with van der Waals surface area (Å²) < 4.78 is 40.4. The minimum Gasteiger partial charge on any atom is -0.399 e. The molecule has 0 bridgehead atoms. The number of hydrogen-bond donors (Lipinski definition) is 2. The van der Waals surface area contributed by atoms with Crippen molar-refractivity contribution in [2.75, 3.05) is 5.73 Å². The maximum Gasteiger partial charge on any atom is 0.242 e. The van der Waals surface area contributed by atoms with Crippen LogP contribution in [-0.2, 0) is 10.0 Å². The van der Waals surface area contributed by atoms with Crippen molar-refractivity contribution in [3.8, 4) is 0 Å². The summed E-state index contributed by atoms with van der Waals surface area (Å²) in [6, 6.07) is 9.91. The van der Waals surface area contributed by atoms with Crippen molar-refractivity contribution < 1.29 is 12.8 Å². The molecule has 0 spiro atoms. The van der Waals surface area contributed by atoms with Crippen LogP contribution in [0.1, 0.15) is 18.5 Å². The van der Waals surface area contributed by atoms with E-state index < -0.39 is 21.9 Å². The molecule has 4 nitrogen and oxygen atoms in total. The fourth-order valence-corrected chi connectivity index (χ4v) is 4.12. The Bertz CT molecular complexity index is 748. The quantitative estimate of drug-likeness (QED) is 0.809. The molecule has 2 aromatic rings. The van der Waals surface area contributed by atoms with Crippen LogP contribution in [-0.4, -0.2) is 8.42 Å². The first-order valence-corrected chi connectivity index (χ1v) is 8.40. The Morgan fingerprint density at radius 3 is 2.38 bits per heavy atom. The third-order valence-electron chi connectivity index (χ3n) is 2.95. The Hall–Kier alpha value is -1.44. The number of nitrogens with one attached hydrogen (secondary N) is 1. The van der Waals surface area contributed by atoms with Gasteiger partial charge >= 0.3 is 0 Å². The molecule has 2 aromatic carbocycles. The SMILES string of the molecule is CC(NS(=O)(=O)c1ccc(F)cc1Br)c1ccc(N)cc1. The first-order chi connectivity index (χ1) is 9.79. The number of benzene rings is 2. The number of halogens is 2. The molecule has 0 fully saturated rings. The van der Waals surface area contributed by atoms with E-state index in [-0.39, 0.29) is 9.37 Å². The van der Waals surface area contributed by atoms with Gasteiger partial charge in [-0.25, -0.2) is 17.5 Å². The van der Waals surface area contributed by atoms with Gasteiger partial charge in [-0.3, -0.25) is 0 Å². The van der Waals surface area contributed by atoms with Crippen molar-refractivity contribution >= 4 is 31.6 Å². The summed E-state index contributed by atoms with van der Waals surface area (Å²) in [5.41, 5.74) is 6.99. The van der Waals surface area contributed by atoms with Gasteiger partial charge in [0.15, 0.2) is 0 Å². The zero-order valence-electron chi connectivity index (χ0n) is 11.2. The van der Waals surface area contributed by atoms with Crippen molar-refractivity contribution in [1.82, 2.24) is 4.72 Å². The Balaban J connectivity index is 2.26. The van der Waals surface area contributed by atoms with Crippen molar-refractivity contribution in [2.24, 2.45) is 0 Å². The van der Waals surface area contributed by atoms with Crippen LogP contribution in [0.4, 0.5) is 10.1 Å². The van der Waals surface area contributed by atoms with Gasteiger partial charge in [0.1, 0.15) is 5.82 Å². The highest BCUT2D eigenvalue weighted by atomic mass is 79.9. The van der Waals surface area contributed by atoms with E-state index in [1.807, 2.05) is 0 Å². The van der Waals surface area contributed by atoms with Crippen LogP contribution in [0.5, 0.6) is 0 Å². The number of hydrogen-bond acceptors (Lipinski definition) is 3. The largest absolute Gasteiger partial charge is 0.399 e. The minimum absolute atomic E-state index is 0.00815. The summed E-state index contributed by atoms with van der Waals surface area (Å²) in [5, 5.41) is 0. The molecule has 0 heterocycles. The van der Waals surface area contributed by atoms with Crippen LogP contribution in [0.25, 0.3) is 0 Å². The third kappa shape index (κ3) is 3.81. The lowest BCUT2D eigenvalue weighted by atomic mass is 10.1. The molecule has 0 amide bonds. The molecule has 0 radical (unpaired) electrons. The van der Waals surface area contributed by atoms with E-state index in [0.717, 1.165) is 17.7 Å². The molecule has 1 atom stereocenters. The topological polar surface area (TPSA) is 72.2 Å². The summed E-state index contributed by atoms with van der Waals surface area (Å²) in [4.78, 5) is -0.00815. The highest BCUT2D eigenvalue weighted by Gasteiger charge is 2.21. The molecule has 0 saturated heterocycles. The fraction of sp³-hybridized carbons (Fsp3) is 0.143. The molecule has 112 valence electrons. The number of nitrogens with two attached hydrogens (primary N) is 1. The van der Waals surface area contributed by atoms with Gasteiger partial charge in [-0.1, -0.05) is 12.1 Å². The molecule has 0 saturated carbocycles. The van der Waals surface area contributed by atoms with Gasteiger partial charge in [-0.15, -0.1) is 0 Å². The molecular formula is C14H14BrFN2O2S. The van der Waals surface area contributed by atoms with Crippen LogP contribution in [0.3, 0.4) is 0 Å². The van der Waals surface area contributed by atoms with Gasteiger partial charge in [-0.05, 0) is 58.7 Å². The van der Waals surface area contributed by atoms with Gasteiger partial charge in [0.2, 0.25) is 10.0 Å². The fourth-order valence-electron chi connectivity index (χ4n) is 1.84. The monoisotopic (exact) mass is 372 g/mol. The van der Waals surface area contributed by atoms with E-state index >= 15 is 0 Å². The molecule has 3 N–H and O–H groups in total. The summed E-state index contributed by atoms with van der Waals surface area (Å²) in [7, 11) is -3.76. The first-order valence-electron chi connectivity index (χ1n) is 6.12. The molecule has 0 aliphatic carbocycles. The van der Waals surface area contributed by atoms with Gasteiger partial charge < -0.3 is 5.73 Å². The highest BCUT2D eigenvalue weighted by Crippen LogP contribution is 2.24. The second-order valence-electron chi connectivity index (χ2n) is 4.58. The predicted molar refractivity (Wildman–Crippen MR) is 83.7 cm³/mol. The van der Waals surface area contributed by atoms with Crippen molar-refractivity contribution in [3.63, 3.8) is 0 Å². The lowest BCUT2D eigenvalue weighted by Crippen LogP contribution is -2.27. The number of anilines is 1. The van der Waals surface area contributed by atoms with Crippen LogP contribution in [0, 0.1) is 5.82 Å². The zero-order valence-corrected chi connectivity index (χ0v) is 13.6. The average molecular weight is 373 g/mol. The van der Waals surface area contributed by atoms with Crippen LogP contribution >= 0.6 is 15.9 Å². The molecule has 0 aliphatic rings. The van der Waals surface area contributed by atoms with Gasteiger partial charge in [0, 0.05) is 16.2 Å². The maximum absolute atomic E-state index is 13.0. The Morgan fingerprint density at radius 1 is 1.19 bits per heavy atom. The Kier molecular flexibility index (Phi) is 4.65. The highest BCUT2D eigenvalue weighted by molar-refractivity contribution is 9.10. The summed E-state index contributed by atoms with van der Waals surface area (Å²) in [6.45, 7) is 1.72. The molecule has 7 heteroatoms. The van der Waals surface area contributed by atoms with E-state index in [2.05, 4.69) is 20.7 Å². The molecule has 21 heavy (non-hydrogen) atoms. The van der Waals surface area contributed by atoms with E-state index in [1.54, 1.807) is 31.2 Å². The standard InChI is InChI=1S/C14H14BrFN2O2S/c1-9(10-2-5-12(17)6-3-10)18-21(19,20)14-7-4-11(16)8-13(14)15/h2-9,18H,17H2,1H3. The van der Waals surface area contributed by atoms with Crippen molar-refractivity contribution in [1.29, 1.82) is 0 Å².